The third kappa shape index (κ3) is 9.50. The second-order valence-corrected chi connectivity index (χ2v) is 18.5. The molecule has 2 N–H and O–H groups in total. The van der Waals surface area contributed by atoms with Crippen LogP contribution in [0.5, 0.6) is 17.2 Å². The van der Waals surface area contributed by atoms with E-state index in [0.29, 0.717) is 19.6 Å². The highest BCUT2D eigenvalue weighted by atomic mass is 32.2. The molecule has 4 aliphatic rings. The smallest absolute Gasteiger partial charge is 0.231 e. The number of benzene rings is 5. The van der Waals surface area contributed by atoms with E-state index < -0.39 is 12.1 Å². The third-order valence-electron chi connectivity index (χ3n) is 13.2. The third-order valence-corrected chi connectivity index (χ3v) is 14.5. The van der Waals surface area contributed by atoms with E-state index in [4.69, 9.17) is 28.9 Å². The molecule has 9 heteroatoms. The van der Waals surface area contributed by atoms with Crippen LogP contribution in [0.1, 0.15) is 75.7 Å². The van der Waals surface area contributed by atoms with Crippen molar-refractivity contribution in [2.45, 2.75) is 92.3 Å². The Morgan fingerprint density at radius 2 is 1.56 bits per heavy atom. The van der Waals surface area contributed by atoms with E-state index in [2.05, 4.69) is 104 Å². The van der Waals surface area contributed by atoms with Crippen molar-refractivity contribution in [1.29, 1.82) is 0 Å². The molecule has 2 fully saturated rings. The van der Waals surface area contributed by atoms with Gasteiger partial charge in [0.2, 0.25) is 12.1 Å². The lowest BCUT2D eigenvalue weighted by atomic mass is 9.56. The van der Waals surface area contributed by atoms with Crippen LogP contribution in [0.2, 0.25) is 0 Å². The number of nitrogens with zero attached hydrogens (tertiary/aromatic N) is 1. The molecule has 0 bridgehead atoms. The largest absolute Gasteiger partial charge is 0.460 e. The highest BCUT2D eigenvalue weighted by molar-refractivity contribution is 8.00. The van der Waals surface area contributed by atoms with Crippen molar-refractivity contribution in [2.75, 3.05) is 26.4 Å². The molecule has 0 radical (unpaired) electrons. The second kappa shape index (κ2) is 20.3. The van der Waals surface area contributed by atoms with Crippen LogP contribution in [0.15, 0.2) is 150 Å². The fraction of sp³-hybridized carbons (Fsp3) is 0.389. The van der Waals surface area contributed by atoms with Crippen LogP contribution >= 0.6 is 11.8 Å². The van der Waals surface area contributed by atoms with Gasteiger partial charge in [0.15, 0.2) is 0 Å². The van der Waals surface area contributed by atoms with E-state index in [9.17, 15) is 10.2 Å². The number of hydrogen-bond donors (Lipinski definition) is 2. The Balaban J connectivity index is 1.17. The standard InChI is InChI=1S/C54H59NO7S/c1-2-31-59-54-50(63-44-27-23-38-16-6-7-17-40(38)33-44)36-48(55-62-51-20-10-13-32-58-51)46-34-41(18-8-11-29-56)45(19-9-12-30-57)52(53(46)54)47-35-43(26-28-49(47)61-54)60-42-24-21-39(22-25-42)37-14-4-3-5-15-37/h2-7,14-17,21-28,33-35,41,45,50-53,56-57H,1,8-13,18-20,29-32,36H2. The van der Waals surface area contributed by atoms with Gasteiger partial charge in [-0.3, -0.25) is 0 Å². The molecule has 328 valence electrons. The number of unbranched alkanes of at least 4 members (excludes halogenated alkanes) is 2. The Bertz CT molecular complexity index is 2380. The van der Waals surface area contributed by atoms with Crippen LogP contribution in [0, 0.1) is 17.8 Å². The van der Waals surface area contributed by atoms with Crippen molar-refractivity contribution < 1.29 is 34.0 Å². The number of thioether (sulfide) groups is 1. The first-order valence-electron chi connectivity index (χ1n) is 22.9. The molecule has 5 aromatic rings. The number of rotatable bonds is 18. The summed E-state index contributed by atoms with van der Waals surface area (Å²) in [6, 6.07) is 39.9. The van der Waals surface area contributed by atoms with Crippen LogP contribution in [-0.2, 0) is 14.3 Å². The molecule has 5 aromatic carbocycles. The SMILES string of the molecule is C=CCOC12Oc3ccc(Oc4ccc(-c5ccccc5)cc4)cc3C3C(CCCCO)C(CCCCO)C=C(C(=NOC4CCCCO4)CC1Sc1ccc4ccccc4c1)C32. The highest BCUT2D eigenvalue weighted by Crippen LogP contribution is 2.63. The van der Waals surface area contributed by atoms with Gasteiger partial charge in [0.25, 0.3) is 0 Å². The Kier molecular flexibility index (Phi) is 14.0. The number of hydrogen-bond acceptors (Lipinski definition) is 9. The van der Waals surface area contributed by atoms with Gasteiger partial charge in [0, 0.05) is 42.4 Å². The van der Waals surface area contributed by atoms with Crippen molar-refractivity contribution >= 4 is 28.2 Å². The van der Waals surface area contributed by atoms with E-state index in [1.807, 2.05) is 30.3 Å². The van der Waals surface area contributed by atoms with Crippen LogP contribution in [0.3, 0.4) is 0 Å². The molecule has 0 aromatic heterocycles. The number of fused-ring (bicyclic) bond motifs is 3. The summed E-state index contributed by atoms with van der Waals surface area (Å²) in [6.45, 7) is 5.37. The fourth-order valence-electron chi connectivity index (χ4n) is 10.3. The molecule has 1 saturated heterocycles. The second-order valence-electron chi connectivity index (χ2n) is 17.3. The summed E-state index contributed by atoms with van der Waals surface area (Å²) in [5, 5.41) is 27.2. The summed E-state index contributed by atoms with van der Waals surface area (Å²) in [4.78, 5) is 7.45. The van der Waals surface area contributed by atoms with Gasteiger partial charge in [-0.1, -0.05) is 103 Å². The fourth-order valence-corrected chi connectivity index (χ4v) is 11.6. The maximum atomic E-state index is 10.0. The minimum Gasteiger partial charge on any atom is -0.460 e. The van der Waals surface area contributed by atoms with Crippen LogP contribution in [0.4, 0.5) is 0 Å². The van der Waals surface area contributed by atoms with Crippen LogP contribution in [0.25, 0.3) is 21.9 Å². The molecule has 0 amide bonds. The van der Waals surface area contributed by atoms with Crippen LogP contribution in [-0.4, -0.2) is 59.7 Å². The van der Waals surface area contributed by atoms with Gasteiger partial charge in [-0.05, 0) is 120 Å². The minimum absolute atomic E-state index is 0.0588. The highest BCUT2D eigenvalue weighted by Gasteiger charge is 2.64. The first-order valence-corrected chi connectivity index (χ1v) is 23.8. The van der Waals surface area contributed by atoms with Gasteiger partial charge >= 0.3 is 0 Å². The van der Waals surface area contributed by atoms with Crippen molar-refractivity contribution in [3.8, 4) is 28.4 Å². The zero-order chi connectivity index (χ0) is 43.0. The molecule has 7 unspecified atom stereocenters. The molecular formula is C54H59NO7S. The normalized spacial score (nSPS) is 25.7. The Hall–Kier alpha value is -4.90. The monoisotopic (exact) mass is 865 g/mol. The molecule has 7 atom stereocenters. The van der Waals surface area contributed by atoms with E-state index >= 15 is 0 Å². The lowest BCUT2D eigenvalue weighted by Crippen LogP contribution is -2.64. The summed E-state index contributed by atoms with van der Waals surface area (Å²) in [6.07, 6.45) is 12.3. The minimum atomic E-state index is -1.10. The van der Waals surface area contributed by atoms with Crippen molar-refractivity contribution in [2.24, 2.45) is 22.9 Å². The van der Waals surface area contributed by atoms with E-state index in [1.54, 1.807) is 11.8 Å². The summed E-state index contributed by atoms with van der Waals surface area (Å²) in [7, 11) is 0. The van der Waals surface area contributed by atoms with Crippen LogP contribution < -0.4 is 9.47 Å². The molecule has 63 heavy (non-hydrogen) atoms. The molecular weight excluding hydrogens is 807 g/mol. The predicted molar refractivity (Wildman–Crippen MR) is 251 cm³/mol. The van der Waals surface area contributed by atoms with Gasteiger partial charge in [0.1, 0.15) is 17.2 Å². The summed E-state index contributed by atoms with van der Waals surface area (Å²) >= 11 is 1.77. The molecule has 2 heterocycles. The van der Waals surface area contributed by atoms with Gasteiger partial charge in [-0.2, -0.15) is 0 Å². The maximum Gasteiger partial charge on any atom is 0.231 e. The quantitative estimate of drug-likeness (QED) is 0.0510. The predicted octanol–water partition coefficient (Wildman–Crippen LogP) is 12.3. The number of ether oxygens (including phenoxy) is 4. The van der Waals surface area contributed by atoms with Crippen molar-refractivity contribution in [1.82, 2.24) is 0 Å². The average Bonchev–Trinajstić information content (AvgIpc) is 3.33. The number of oxime groups is 1. The molecule has 2 aliphatic heterocycles. The Morgan fingerprint density at radius 3 is 2.33 bits per heavy atom. The van der Waals surface area contributed by atoms with Crippen molar-refractivity contribution in [3.05, 3.63) is 145 Å². The molecule has 0 spiro atoms. The van der Waals surface area contributed by atoms with Gasteiger partial charge in [-0.25, -0.2) is 0 Å². The summed E-state index contributed by atoms with van der Waals surface area (Å²) in [5.41, 5.74) is 5.35. The van der Waals surface area contributed by atoms with Crippen molar-refractivity contribution in [3.63, 3.8) is 0 Å². The first kappa shape index (κ1) is 43.4. The van der Waals surface area contributed by atoms with Gasteiger partial charge < -0.3 is 34.0 Å². The topological polar surface area (TPSA) is 99.0 Å². The van der Waals surface area contributed by atoms with E-state index in [1.165, 1.54) is 10.8 Å². The first-order chi connectivity index (χ1) is 31.1. The zero-order valence-electron chi connectivity index (χ0n) is 36.0. The van der Waals surface area contributed by atoms with Gasteiger partial charge in [-0.15, -0.1) is 18.3 Å². The number of aliphatic hydroxyl groups is 2. The average molecular weight is 866 g/mol. The number of allylic oxidation sites excluding steroid dienone is 1. The summed E-state index contributed by atoms with van der Waals surface area (Å²) < 4.78 is 27.4. The summed E-state index contributed by atoms with van der Waals surface area (Å²) in [5.74, 6) is 1.19. The Morgan fingerprint density at radius 1 is 0.794 bits per heavy atom. The number of aliphatic hydroxyl groups excluding tert-OH is 2. The molecule has 9 rings (SSSR count). The van der Waals surface area contributed by atoms with Gasteiger partial charge in [0.05, 0.1) is 30.1 Å². The maximum absolute atomic E-state index is 10.0. The van der Waals surface area contributed by atoms with E-state index in [-0.39, 0.29) is 42.1 Å². The molecule has 2 aliphatic carbocycles. The molecule has 1 saturated carbocycles. The lowest BCUT2D eigenvalue weighted by Gasteiger charge is -2.58. The van der Waals surface area contributed by atoms with E-state index in [0.717, 1.165) is 108 Å². The molecule has 8 nitrogen and oxygen atoms in total. The lowest BCUT2D eigenvalue weighted by molar-refractivity contribution is -0.223. The Labute approximate surface area is 375 Å². The zero-order valence-corrected chi connectivity index (χ0v) is 36.8.